The molecule has 4 nitrogen and oxygen atoms in total. The first kappa shape index (κ1) is 12.9. The third-order valence-electron chi connectivity index (χ3n) is 3.70. The molecule has 1 aromatic rings. The number of ether oxygens (including phenoxy) is 1. The number of rotatable bonds is 3. The molecule has 1 fully saturated rings. The molecule has 0 aliphatic carbocycles. The summed E-state index contributed by atoms with van der Waals surface area (Å²) in [5.41, 5.74) is 6.59. The topological polar surface area (TPSA) is 55.6 Å². The zero-order valence-corrected chi connectivity index (χ0v) is 10.9. The van der Waals surface area contributed by atoms with Gasteiger partial charge in [-0.05, 0) is 32.5 Å². The summed E-state index contributed by atoms with van der Waals surface area (Å²) in [6, 6.07) is 7.87. The zero-order valence-electron chi connectivity index (χ0n) is 10.9. The molecule has 1 aliphatic rings. The van der Waals surface area contributed by atoms with Crippen LogP contribution in [-0.4, -0.2) is 31.5 Å². The number of para-hydroxylation sites is 1. The molecule has 1 heterocycles. The molecule has 0 saturated carbocycles. The Morgan fingerprint density at radius 1 is 1.44 bits per heavy atom. The Kier molecular flexibility index (Phi) is 3.87. The first-order valence-electron chi connectivity index (χ1n) is 6.27. The summed E-state index contributed by atoms with van der Waals surface area (Å²) < 4.78 is 5.40. The summed E-state index contributed by atoms with van der Waals surface area (Å²) in [6.07, 6.45) is 1.86. The fourth-order valence-corrected chi connectivity index (χ4v) is 2.83. The average Bonchev–Trinajstić information content (AvgIpc) is 2.38. The molecule has 1 saturated heterocycles. The number of nitrogens with two attached hydrogens (primary N) is 1. The number of amides is 1. The maximum atomic E-state index is 11.6. The highest BCUT2D eigenvalue weighted by atomic mass is 16.5. The van der Waals surface area contributed by atoms with Gasteiger partial charge in [0.05, 0.1) is 13.0 Å². The second-order valence-corrected chi connectivity index (χ2v) is 4.82. The Morgan fingerprint density at radius 3 is 2.83 bits per heavy atom. The van der Waals surface area contributed by atoms with Crippen LogP contribution in [0.3, 0.4) is 0 Å². The molecule has 1 amide bonds. The largest absolute Gasteiger partial charge is 0.496 e. The van der Waals surface area contributed by atoms with Gasteiger partial charge in [-0.25, -0.2) is 0 Å². The van der Waals surface area contributed by atoms with Crippen molar-refractivity contribution in [2.24, 2.45) is 11.7 Å². The number of hydrogen-bond donors (Lipinski definition) is 1. The molecule has 2 N–H and O–H groups in total. The van der Waals surface area contributed by atoms with E-state index in [1.165, 1.54) is 0 Å². The van der Waals surface area contributed by atoms with Gasteiger partial charge in [-0.1, -0.05) is 18.2 Å². The van der Waals surface area contributed by atoms with Crippen LogP contribution >= 0.6 is 0 Å². The van der Waals surface area contributed by atoms with Gasteiger partial charge in [0.1, 0.15) is 5.75 Å². The minimum atomic E-state index is -0.225. The minimum absolute atomic E-state index is 0.0207. The van der Waals surface area contributed by atoms with Gasteiger partial charge in [-0.2, -0.15) is 0 Å². The van der Waals surface area contributed by atoms with Crippen molar-refractivity contribution in [3.63, 3.8) is 0 Å². The van der Waals surface area contributed by atoms with E-state index in [0.717, 1.165) is 30.7 Å². The van der Waals surface area contributed by atoms with E-state index in [9.17, 15) is 4.79 Å². The summed E-state index contributed by atoms with van der Waals surface area (Å²) in [7, 11) is 3.69. The molecular formula is C14H20N2O2. The lowest BCUT2D eigenvalue weighted by atomic mass is 9.84. The zero-order chi connectivity index (χ0) is 13.1. The van der Waals surface area contributed by atoms with Crippen molar-refractivity contribution < 1.29 is 9.53 Å². The number of piperidine rings is 1. The Hall–Kier alpha value is -1.55. The number of likely N-dealkylation sites (tertiary alicyclic amines) is 1. The molecule has 0 spiro atoms. The molecular weight excluding hydrogens is 228 g/mol. The number of carbonyl (C=O) groups excluding carboxylic acids is 1. The molecule has 18 heavy (non-hydrogen) atoms. The van der Waals surface area contributed by atoms with Crippen LogP contribution in [0.5, 0.6) is 5.75 Å². The van der Waals surface area contributed by atoms with Gasteiger partial charge in [0, 0.05) is 11.6 Å². The SMILES string of the molecule is COc1ccccc1C1C(C(N)=O)CCCN1C. The number of benzene rings is 1. The Morgan fingerprint density at radius 2 is 2.17 bits per heavy atom. The maximum Gasteiger partial charge on any atom is 0.222 e. The number of hydrogen-bond acceptors (Lipinski definition) is 3. The molecule has 1 aliphatic heterocycles. The maximum absolute atomic E-state index is 11.6. The first-order chi connectivity index (χ1) is 8.65. The van der Waals surface area contributed by atoms with Crippen LogP contribution in [0, 0.1) is 5.92 Å². The van der Waals surface area contributed by atoms with Gasteiger partial charge in [0.2, 0.25) is 5.91 Å². The molecule has 2 rings (SSSR count). The fourth-order valence-electron chi connectivity index (χ4n) is 2.83. The van der Waals surface area contributed by atoms with E-state index in [1.807, 2.05) is 31.3 Å². The van der Waals surface area contributed by atoms with Crippen LogP contribution < -0.4 is 10.5 Å². The minimum Gasteiger partial charge on any atom is -0.496 e. The predicted octanol–water partition coefficient (Wildman–Crippen LogP) is 1.56. The quantitative estimate of drug-likeness (QED) is 0.883. The first-order valence-corrected chi connectivity index (χ1v) is 6.27. The lowest BCUT2D eigenvalue weighted by molar-refractivity contribution is -0.125. The Labute approximate surface area is 108 Å². The van der Waals surface area contributed by atoms with Crippen LogP contribution in [0.2, 0.25) is 0 Å². The van der Waals surface area contributed by atoms with Crippen molar-refractivity contribution in [2.75, 3.05) is 20.7 Å². The van der Waals surface area contributed by atoms with Crippen molar-refractivity contribution in [1.82, 2.24) is 4.90 Å². The van der Waals surface area contributed by atoms with Crippen molar-refractivity contribution >= 4 is 5.91 Å². The van der Waals surface area contributed by atoms with Gasteiger partial charge >= 0.3 is 0 Å². The number of carbonyl (C=O) groups is 1. The predicted molar refractivity (Wildman–Crippen MR) is 70.3 cm³/mol. The van der Waals surface area contributed by atoms with E-state index in [0.29, 0.717) is 0 Å². The highest BCUT2D eigenvalue weighted by molar-refractivity contribution is 5.78. The van der Waals surface area contributed by atoms with Gasteiger partial charge in [0.25, 0.3) is 0 Å². The van der Waals surface area contributed by atoms with Crippen molar-refractivity contribution in [3.05, 3.63) is 29.8 Å². The summed E-state index contributed by atoms with van der Waals surface area (Å²) in [5, 5.41) is 0. The summed E-state index contributed by atoms with van der Waals surface area (Å²) in [4.78, 5) is 13.8. The van der Waals surface area contributed by atoms with E-state index in [4.69, 9.17) is 10.5 Å². The molecule has 0 bridgehead atoms. The van der Waals surface area contributed by atoms with Gasteiger partial charge in [-0.3, -0.25) is 9.69 Å². The van der Waals surface area contributed by atoms with Crippen LogP contribution in [0.15, 0.2) is 24.3 Å². The third kappa shape index (κ3) is 2.34. The molecule has 0 radical (unpaired) electrons. The monoisotopic (exact) mass is 248 g/mol. The molecule has 98 valence electrons. The van der Waals surface area contributed by atoms with Crippen molar-refractivity contribution in [3.8, 4) is 5.75 Å². The second-order valence-electron chi connectivity index (χ2n) is 4.82. The number of nitrogens with zero attached hydrogens (tertiary/aromatic N) is 1. The molecule has 2 atom stereocenters. The third-order valence-corrected chi connectivity index (χ3v) is 3.70. The van der Waals surface area contributed by atoms with Crippen LogP contribution in [-0.2, 0) is 4.79 Å². The highest BCUT2D eigenvalue weighted by Gasteiger charge is 2.35. The normalized spacial score (nSPS) is 24.8. The summed E-state index contributed by atoms with van der Waals surface area (Å²) in [6.45, 7) is 0.979. The standard InChI is InChI=1S/C14H20N2O2/c1-16-9-5-7-11(14(15)17)13(16)10-6-3-4-8-12(10)18-2/h3-4,6,8,11,13H,5,7,9H2,1-2H3,(H2,15,17). The van der Waals surface area contributed by atoms with Crippen LogP contribution in [0.1, 0.15) is 24.4 Å². The lowest BCUT2D eigenvalue weighted by Crippen LogP contribution is -2.42. The van der Waals surface area contributed by atoms with E-state index in [2.05, 4.69) is 4.90 Å². The summed E-state index contributed by atoms with van der Waals surface area (Å²) >= 11 is 0. The number of methoxy groups -OCH3 is 1. The second kappa shape index (κ2) is 5.40. The molecule has 1 aromatic carbocycles. The van der Waals surface area contributed by atoms with E-state index >= 15 is 0 Å². The van der Waals surface area contributed by atoms with Crippen molar-refractivity contribution in [2.45, 2.75) is 18.9 Å². The molecule has 4 heteroatoms. The highest BCUT2D eigenvalue weighted by Crippen LogP contribution is 2.38. The van der Waals surface area contributed by atoms with Gasteiger partial charge in [-0.15, -0.1) is 0 Å². The van der Waals surface area contributed by atoms with Gasteiger partial charge in [0.15, 0.2) is 0 Å². The molecule has 0 aromatic heterocycles. The van der Waals surface area contributed by atoms with E-state index in [1.54, 1.807) is 7.11 Å². The van der Waals surface area contributed by atoms with Gasteiger partial charge < -0.3 is 10.5 Å². The average molecular weight is 248 g/mol. The Bertz CT molecular complexity index is 434. The lowest BCUT2D eigenvalue weighted by Gasteiger charge is -2.38. The Balaban J connectivity index is 2.40. The van der Waals surface area contributed by atoms with Crippen LogP contribution in [0.25, 0.3) is 0 Å². The van der Waals surface area contributed by atoms with E-state index < -0.39 is 0 Å². The smallest absolute Gasteiger partial charge is 0.222 e. The van der Waals surface area contributed by atoms with Crippen LogP contribution in [0.4, 0.5) is 0 Å². The number of primary amides is 1. The summed E-state index contributed by atoms with van der Waals surface area (Å²) in [5.74, 6) is 0.458. The fraction of sp³-hybridized carbons (Fsp3) is 0.500. The van der Waals surface area contributed by atoms with Crippen molar-refractivity contribution in [1.29, 1.82) is 0 Å². The molecule has 2 unspecified atom stereocenters. The van der Waals surface area contributed by atoms with E-state index in [-0.39, 0.29) is 17.9 Å².